The second-order valence-corrected chi connectivity index (χ2v) is 5.28. The molecule has 0 unspecified atom stereocenters. The lowest BCUT2D eigenvalue weighted by Gasteiger charge is -2.09. The molecule has 0 spiro atoms. The molecule has 0 saturated carbocycles. The Bertz CT molecular complexity index is 558. The van der Waals surface area contributed by atoms with Crippen LogP contribution >= 0.6 is 27.3 Å². The highest BCUT2D eigenvalue weighted by atomic mass is 79.9. The first-order valence-electron chi connectivity index (χ1n) is 5.31. The minimum atomic E-state index is 0.426. The average Bonchev–Trinajstić information content (AvgIpc) is 2.79. The topological polar surface area (TPSA) is 59.9 Å². The molecule has 0 aliphatic heterocycles. The van der Waals surface area contributed by atoms with Gasteiger partial charge in [0, 0.05) is 25.2 Å². The van der Waals surface area contributed by atoms with Gasteiger partial charge in [0.2, 0.25) is 0 Å². The van der Waals surface area contributed by atoms with Crippen molar-refractivity contribution in [3.63, 3.8) is 0 Å². The highest BCUT2D eigenvalue weighted by Gasteiger charge is 2.14. The minimum Gasteiger partial charge on any atom is -0.378 e. The van der Waals surface area contributed by atoms with E-state index in [4.69, 9.17) is 4.74 Å². The molecule has 0 amide bonds. The number of aromatic nitrogens is 3. The van der Waals surface area contributed by atoms with Crippen molar-refractivity contribution >= 4 is 33.1 Å². The predicted molar refractivity (Wildman–Crippen MR) is 75.8 cm³/mol. The molecule has 2 aromatic heterocycles. The van der Waals surface area contributed by atoms with Crippen molar-refractivity contribution in [3.8, 4) is 10.8 Å². The third-order valence-electron chi connectivity index (χ3n) is 2.25. The van der Waals surface area contributed by atoms with E-state index in [1.807, 2.05) is 19.4 Å². The summed E-state index contributed by atoms with van der Waals surface area (Å²) in [4.78, 5) is 13.3. The average molecular weight is 329 g/mol. The summed E-state index contributed by atoms with van der Waals surface area (Å²) in [6.45, 7) is 2.38. The van der Waals surface area contributed by atoms with Gasteiger partial charge < -0.3 is 10.1 Å². The van der Waals surface area contributed by atoms with Crippen molar-refractivity contribution < 1.29 is 4.74 Å². The van der Waals surface area contributed by atoms with Crippen LogP contribution in [0.2, 0.25) is 0 Å². The van der Waals surface area contributed by atoms with Crippen LogP contribution in [0.15, 0.2) is 9.85 Å². The van der Waals surface area contributed by atoms with E-state index in [2.05, 4.69) is 36.2 Å². The number of anilines is 1. The van der Waals surface area contributed by atoms with Crippen molar-refractivity contribution in [2.75, 3.05) is 19.5 Å². The first-order chi connectivity index (χ1) is 8.65. The van der Waals surface area contributed by atoms with E-state index in [0.717, 1.165) is 26.7 Å². The number of nitrogens with zero attached hydrogens (tertiary/aromatic N) is 3. The number of hydrogen-bond donors (Lipinski definition) is 1. The first-order valence-corrected chi connectivity index (χ1v) is 6.98. The van der Waals surface area contributed by atoms with Crippen LogP contribution in [0, 0.1) is 6.92 Å². The summed E-state index contributed by atoms with van der Waals surface area (Å²) in [5, 5.41) is 5.83. The fourth-order valence-corrected chi connectivity index (χ4v) is 2.66. The quantitative estimate of drug-likeness (QED) is 0.935. The number of thiazole rings is 1. The van der Waals surface area contributed by atoms with Gasteiger partial charge in [-0.1, -0.05) is 0 Å². The number of aryl methyl sites for hydroxylation is 1. The second-order valence-electron chi connectivity index (χ2n) is 3.63. The van der Waals surface area contributed by atoms with Crippen LogP contribution in [0.5, 0.6) is 0 Å². The summed E-state index contributed by atoms with van der Waals surface area (Å²) >= 11 is 5.00. The molecular weight excluding hydrogens is 316 g/mol. The molecule has 18 heavy (non-hydrogen) atoms. The van der Waals surface area contributed by atoms with E-state index in [-0.39, 0.29) is 0 Å². The summed E-state index contributed by atoms with van der Waals surface area (Å²) < 4.78 is 5.96. The molecule has 0 fully saturated rings. The Kier molecular flexibility index (Phi) is 4.26. The number of methoxy groups -OCH3 is 1. The fourth-order valence-electron chi connectivity index (χ4n) is 1.44. The molecule has 2 heterocycles. The van der Waals surface area contributed by atoms with Crippen molar-refractivity contribution in [2.45, 2.75) is 13.5 Å². The molecule has 0 atom stereocenters. The predicted octanol–water partition coefficient (Wildman–Crippen LogP) is 2.86. The van der Waals surface area contributed by atoms with Crippen molar-refractivity contribution in [1.82, 2.24) is 15.0 Å². The van der Waals surface area contributed by atoms with Gasteiger partial charge in [-0.3, -0.25) is 0 Å². The van der Waals surface area contributed by atoms with E-state index < -0.39 is 0 Å². The largest absolute Gasteiger partial charge is 0.378 e. The Labute approximate surface area is 118 Å². The van der Waals surface area contributed by atoms with Gasteiger partial charge in [-0.25, -0.2) is 15.0 Å². The van der Waals surface area contributed by atoms with Gasteiger partial charge in [0.15, 0.2) is 10.8 Å². The first kappa shape index (κ1) is 13.4. The maximum absolute atomic E-state index is 5.14. The van der Waals surface area contributed by atoms with Gasteiger partial charge in [0.25, 0.3) is 0 Å². The molecule has 0 aromatic carbocycles. The molecule has 1 N–H and O–H groups in total. The van der Waals surface area contributed by atoms with Gasteiger partial charge in [0.1, 0.15) is 5.82 Å². The third kappa shape index (κ3) is 2.68. The molecule has 2 aromatic rings. The molecule has 0 radical (unpaired) electrons. The van der Waals surface area contributed by atoms with Gasteiger partial charge in [-0.2, -0.15) is 0 Å². The van der Waals surface area contributed by atoms with Crippen LogP contribution in [0.25, 0.3) is 10.8 Å². The highest BCUT2D eigenvalue weighted by molar-refractivity contribution is 9.10. The Balaban J connectivity index is 2.51. The highest BCUT2D eigenvalue weighted by Crippen LogP contribution is 2.28. The van der Waals surface area contributed by atoms with E-state index in [1.54, 1.807) is 7.11 Å². The monoisotopic (exact) mass is 328 g/mol. The molecule has 0 aliphatic carbocycles. The lowest BCUT2D eigenvalue weighted by molar-refractivity contribution is 0.181. The zero-order chi connectivity index (χ0) is 13.1. The SMILES string of the molecule is CNc1nc(-c2nc(C)cs2)nc(COC)c1Br. The number of halogens is 1. The maximum atomic E-state index is 5.14. The van der Waals surface area contributed by atoms with Crippen molar-refractivity contribution in [1.29, 1.82) is 0 Å². The zero-order valence-electron chi connectivity index (χ0n) is 10.3. The molecule has 0 saturated heterocycles. The Morgan fingerprint density at radius 2 is 2.17 bits per heavy atom. The van der Waals surface area contributed by atoms with Crippen LogP contribution in [-0.2, 0) is 11.3 Å². The van der Waals surface area contributed by atoms with Crippen LogP contribution in [0.3, 0.4) is 0 Å². The van der Waals surface area contributed by atoms with Crippen molar-refractivity contribution in [2.24, 2.45) is 0 Å². The number of ether oxygens (including phenoxy) is 1. The van der Waals surface area contributed by atoms with Crippen molar-refractivity contribution in [3.05, 3.63) is 21.2 Å². The van der Waals surface area contributed by atoms with Gasteiger partial charge >= 0.3 is 0 Å². The van der Waals surface area contributed by atoms with E-state index >= 15 is 0 Å². The summed E-state index contributed by atoms with van der Waals surface area (Å²) in [7, 11) is 3.46. The van der Waals surface area contributed by atoms with Crippen LogP contribution in [0.4, 0.5) is 5.82 Å². The molecule has 0 bridgehead atoms. The molecule has 2 rings (SSSR count). The Hall–Kier alpha value is -1.05. The normalized spacial score (nSPS) is 10.7. The lowest BCUT2D eigenvalue weighted by Crippen LogP contribution is -2.04. The third-order valence-corrected chi connectivity index (χ3v) is 4.04. The summed E-state index contributed by atoms with van der Waals surface area (Å²) in [5.74, 6) is 1.35. The Morgan fingerprint density at radius 3 is 2.72 bits per heavy atom. The Morgan fingerprint density at radius 1 is 1.39 bits per heavy atom. The van der Waals surface area contributed by atoms with Gasteiger partial charge in [0.05, 0.1) is 16.8 Å². The number of hydrogen-bond acceptors (Lipinski definition) is 6. The molecule has 7 heteroatoms. The summed E-state index contributed by atoms with van der Waals surface area (Å²) in [5.41, 5.74) is 1.78. The number of nitrogens with one attached hydrogen (secondary N) is 1. The molecule has 0 aliphatic rings. The standard InChI is InChI=1S/C11H13BrN4OS/c1-6-5-18-11(14-6)10-15-7(4-17-3)8(12)9(13-2)16-10/h5H,4H2,1-3H3,(H,13,15,16). The van der Waals surface area contributed by atoms with Crippen LogP contribution in [-0.4, -0.2) is 29.1 Å². The molecular formula is C11H13BrN4OS. The minimum absolute atomic E-state index is 0.426. The summed E-state index contributed by atoms with van der Waals surface area (Å²) in [6, 6.07) is 0. The second kappa shape index (κ2) is 5.73. The fraction of sp³-hybridized carbons (Fsp3) is 0.364. The van der Waals surface area contributed by atoms with Gasteiger partial charge in [-0.05, 0) is 22.9 Å². The maximum Gasteiger partial charge on any atom is 0.191 e. The van der Waals surface area contributed by atoms with Gasteiger partial charge in [-0.15, -0.1) is 11.3 Å². The van der Waals surface area contributed by atoms with E-state index in [9.17, 15) is 0 Å². The van der Waals surface area contributed by atoms with E-state index in [1.165, 1.54) is 11.3 Å². The lowest BCUT2D eigenvalue weighted by atomic mass is 10.4. The summed E-state index contributed by atoms with van der Waals surface area (Å²) in [6.07, 6.45) is 0. The van der Waals surface area contributed by atoms with Crippen LogP contribution < -0.4 is 5.32 Å². The van der Waals surface area contributed by atoms with E-state index in [0.29, 0.717) is 12.4 Å². The molecule has 96 valence electrons. The smallest absolute Gasteiger partial charge is 0.191 e. The molecule has 5 nitrogen and oxygen atoms in total. The van der Waals surface area contributed by atoms with Crippen LogP contribution in [0.1, 0.15) is 11.4 Å². The zero-order valence-corrected chi connectivity index (χ0v) is 12.7. The number of rotatable bonds is 4.